The Kier molecular flexibility index (Phi) is 4.59. The number of carbonyl (C=O) groups excluding carboxylic acids is 2. The van der Waals surface area contributed by atoms with E-state index in [0.29, 0.717) is 19.4 Å². The second-order valence-electron chi connectivity index (χ2n) is 5.01. The Morgan fingerprint density at radius 1 is 1.42 bits per heavy atom. The van der Waals surface area contributed by atoms with Crippen LogP contribution >= 0.6 is 15.9 Å². The van der Waals surface area contributed by atoms with Crippen molar-refractivity contribution in [1.29, 1.82) is 0 Å². The van der Waals surface area contributed by atoms with E-state index < -0.39 is 12.1 Å². The number of hydrogen-bond donors (Lipinski definition) is 3. The summed E-state index contributed by atoms with van der Waals surface area (Å²) in [7, 11) is 0. The lowest BCUT2D eigenvalue weighted by atomic mass is 10.0. The summed E-state index contributed by atoms with van der Waals surface area (Å²) < 4.78 is 0. The SMILES string of the molecule is O=C1NC(=O)N([C@@H]2C[C@H](CO)[C@@H](O)C2)CC1/C=C/Br. The smallest absolute Gasteiger partial charge is 0.324 e. The summed E-state index contributed by atoms with van der Waals surface area (Å²) in [6.45, 7) is 0.221. The number of amides is 3. The van der Waals surface area contributed by atoms with Crippen LogP contribution in [-0.4, -0.2) is 52.3 Å². The van der Waals surface area contributed by atoms with Gasteiger partial charge in [0, 0.05) is 25.1 Å². The van der Waals surface area contributed by atoms with Crippen molar-refractivity contribution < 1.29 is 19.8 Å². The molecule has 0 aromatic heterocycles. The van der Waals surface area contributed by atoms with Gasteiger partial charge in [-0.05, 0) is 17.8 Å². The van der Waals surface area contributed by atoms with E-state index in [4.69, 9.17) is 5.11 Å². The second-order valence-corrected chi connectivity index (χ2v) is 5.54. The largest absolute Gasteiger partial charge is 0.396 e. The third kappa shape index (κ3) is 2.98. The maximum Gasteiger partial charge on any atom is 0.324 e. The first-order chi connectivity index (χ1) is 9.06. The number of aliphatic hydroxyl groups is 2. The van der Waals surface area contributed by atoms with Crippen LogP contribution in [0.15, 0.2) is 11.1 Å². The molecule has 0 spiro atoms. The second kappa shape index (κ2) is 6.02. The highest BCUT2D eigenvalue weighted by Crippen LogP contribution is 2.31. The number of nitrogens with zero attached hydrogens (tertiary/aromatic N) is 1. The molecule has 3 amide bonds. The van der Waals surface area contributed by atoms with Gasteiger partial charge < -0.3 is 15.1 Å². The average Bonchev–Trinajstić information content (AvgIpc) is 2.74. The van der Waals surface area contributed by atoms with Gasteiger partial charge in [0.2, 0.25) is 5.91 Å². The van der Waals surface area contributed by atoms with Gasteiger partial charge in [0.15, 0.2) is 0 Å². The number of halogens is 1. The summed E-state index contributed by atoms with van der Waals surface area (Å²) in [6.07, 6.45) is 2.09. The molecule has 2 rings (SSSR count). The quantitative estimate of drug-likeness (QED) is 0.688. The molecule has 0 aromatic rings. The molecule has 2 fully saturated rings. The molecule has 1 heterocycles. The van der Waals surface area contributed by atoms with Gasteiger partial charge in [-0.15, -0.1) is 0 Å². The summed E-state index contributed by atoms with van der Waals surface area (Å²) in [5.41, 5.74) is 0. The lowest BCUT2D eigenvalue weighted by Crippen LogP contribution is -2.56. The number of carbonyl (C=O) groups is 2. The van der Waals surface area contributed by atoms with Crippen LogP contribution in [0, 0.1) is 11.8 Å². The zero-order valence-corrected chi connectivity index (χ0v) is 11.9. The topological polar surface area (TPSA) is 89.9 Å². The minimum Gasteiger partial charge on any atom is -0.396 e. The van der Waals surface area contributed by atoms with Gasteiger partial charge in [0.1, 0.15) is 0 Å². The van der Waals surface area contributed by atoms with Crippen molar-refractivity contribution in [2.45, 2.75) is 25.0 Å². The predicted molar refractivity (Wildman–Crippen MR) is 71.4 cm³/mol. The molecule has 0 radical (unpaired) electrons. The first-order valence-corrected chi connectivity index (χ1v) is 7.15. The van der Waals surface area contributed by atoms with E-state index in [-0.39, 0.29) is 30.4 Å². The molecule has 6 nitrogen and oxygen atoms in total. The fraction of sp³-hybridized carbons (Fsp3) is 0.667. The predicted octanol–water partition coefficient (Wildman–Crippen LogP) is 0.195. The monoisotopic (exact) mass is 332 g/mol. The first-order valence-electron chi connectivity index (χ1n) is 6.24. The molecule has 1 saturated carbocycles. The van der Waals surface area contributed by atoms with Gasteiger partial charge in [0.05, 0.1) is 12.0 Å². The Morgan fingerprint density at radius 3 is 2.74 bits per heavy atom. The molecular formula is C12H17BrN2O4. The molecule has 7 heteroatoms. The number of imide groups is 1. The molecule has 19 heavy (non-hydrogen) atoms. The molecule has 0 aromatic carbocycles. The van der Waals surface area contributed by atoms with E-state index in [9.17, 15) is 14.7 Å². The zero-order valence-electron chi connectivity index (χ0n) is 10.3. The van der Waals surface area contributed by atoms with Crippen LogP contribution in [-0.2, 0) is 4.79 Å². The Hall–Kier alpha value is -0.920. The van der Waals surface area contributed by atoms with Crippen LogP contribution in [0.4, 0.5) is 4.79 Å². The Morgan fingerprint density at radius 2 is 2.16 bits per heavy atom. The molecule has 0 bridgehead atoms. The van der Waals surface area contributed by atoms with E-state index in [1.54, 1.807) is 16.0 Å². The van der Waals surface area contributed by atoms with E-state index in [0.717, 1.165) is 0 Å². The summed E-state index contributed by atoms with van der Waals surface area (Å²) in [6, 6.07) is -0.550. The zero-order chi connectivity index (χ0) is 14.0. The van der Waals surface area contributed by atoms with Crippen molar-refractivity contribution in [3.8, 4) is 0 Å². The van der Waals surface area contributed by atoms with Crippen molar-refractivity contribution in [3.05, 3.63) is 11.1 Å². The fourth-order valence-corrected chi connectivity index (χ4v) is 3.09. The van der Waals surface area contributed by atoms with Gasteiger partial charge >= 0.3 is 6.03 Å². The van der Waals surface area contributed by atoms with E-state index in [1.807, 2.05) is 0 Å². The number of aliphatic hydroxyl groups excluding tert-OH is 2. The maximum absolute atomic E-state index is 11.9. The lowest BCUT2D eigenvalue weighted by molar-refractivity contribution is -0.124. The van der Waals surface area contributed by atoms with Crippen molar-refractivity contribution in [3.63, 3.8) is 0 Å². The maximum atomic E-state index is 11.9. The molecule has 1 unspecified atom stereocenters. The van der Waals surface area contributed by atoms with Gasteiger partial charge in [-0.3, -0.25) is 10.1 Å². The highest BCUT2D eigenvalue weighted by molar-refractivity contribution is 9.11. The van der Waals surface area contributed by atoms with E-state index in [2.05, 4.69) is 21.2 Å². The minimum absolute atomic E-state index is 0.0865. The van der Waals surface area contributed by atoms with Crippen LogP contribution < -0.4 is 5.32 Å². The molecule has 2 aliphatic rings. The minimum atomic E-state index is -0.592. The van der Waals surface area contributed by atoms with Gasteiger partial charge in [-0.1, -0.05) is 22.0 Å². The Balaban J connectivity index is 2.07. The van der Waals surface area contributed by atoms with Crippen molar-refractivity contribution in [2.75, 3.05) is 13.2 Å². The van der Waals surface area contributed by atoms with Crippen LogP contribution in [0.3, 0.4) is 0 Å². The number of urea groups is 1. The number of hydrogen-bond acceptors (Lipinski definition) is 4. The molecule has 1 saturated heterocycles. The Labute approximate surface area is 119 Å². The molecule has 4 atom stereocenters. The highest BCUT2D eigenvalue weighted by Gasteiger charge is 2.41. The number of rotatable bonds is 3. The molecule has 1 aliphatic heterocycles. The summed E-state index contributed by atoms with van der Waals surface area (Å²) in [5, 5.41) is 21.3. The van der Waals surface area contributed by atoms with Gasteiger partial charge in [-0.2, -0.15) is 0 Å². The molecule has 1 aliphatic carbocycles. The lowest BCUT2D eigenvalue weighted by Gasteiger charge is -2.35. The third-order valence-electron chi connectivity index (χ3n) is 3.83. The first kappa shape index (κ1) is 14.5. The van der Waals surface area contributed by atoms with Crippen LogP contribution in [0.2, 0.25) is 0 Å². The van der Waals surface area contributed by atoms with Crippen molar-refractivity contribution >= 4 is 27.9 Å². The standard InChI is InChI=1S/C12H17BrN2O4/c13-2-1-7-5-15(12(19)14-11(7)18)9-3-8(6-16)10(17)4-9/h1-2,7-10,16-17H,3-6H2,(H,14,18,19)/b2-1+/t7?,8-,9-,10+/m1/s1. The summed E-state index contributed by atoms with van der Waals surface area (Å²) in [4.78, 5) is 26.7. The molecule has 106 valence electrons. The van der Waals surface area contributed by atoms with Crippen LogP contribution in [0.5, 0.6) is 0 Å². The van der Waals surface area contributed by atoms with Gasteiger partial charge in [-0.25, -0.2) is 4.79 Å². The third-order valence-corrected chi connectivity index (χ3v) is 4.14. The fourth-order valence-electron chi connectivity index (χ4n) is 2.72. The van der Waals surface area contributed by atoms with Crippen LogP contribution in [0.25, 0.3) is 0 Å². The van der Waals surface area contributed by atoms with E-state index in [1.165, 1.54) is 0 Å². The molecular weight excluding hydrogens is 316 g/mol. The highest BCUT2D eigenvalue weighted by atomic mass is 79.9. The normalized spacial score (nSPS) is 36.1. The van der Waals surface area contributed by atoms with Gasteiger partial charge in [0.25, 0.3) is 0 Å². The average molecular weight is 333 g/mol. The molecule has 3 N–H and O–H groups in total. The van der Waals surface area contributed by atoms with Crippen molar-refractivity contribution in [1.82, 2.24) is 10.2 Å². The summed E-state index contributed by atoms with van der Waals surface area (Å²) in [5.74, 6) is -0.891. The number of nitrogens with one attached hydrogen (secondary N) is 1. The van der Waals surface area contributed by atoms with Crippen molar-refractivity contribution in [2.24, 2.45) is 11.8 Å². The Bertz CT molecular complexity index is 401. The summed E-state index contributed by atoms with van der Waals surface area (Å²) >= 11 is 3.12. The van der Waals surface area contributed by atoms with Crippen LogP contribution in [0.1, 0.15) is 12.8 Å². The van der Waals surface area contributed by atoms with E-state index >= 15 is 0 Å².